The second-order valence-corrected chi connectivity index (χ2v) is 8.28. The van der Waals surface area contributed by atoms with E-state index in [4.69, 9.17) is 9.47 Å². The van der Waals surface area contributed by atoms with Gasteiger partial charge in [0, 0.05) is 10.4 Å². The van der Waals surface area contributed by atoms with Crippen LogP contribution >= 0.6 is 15.9 Å². The highest BCUT2D eigenvalue weighted by Gasteiger charge is 2.51. The summed E-state index contributed by atoms with van der Waals surface area (Å²) in [5, 5.41) is 13.0. The molecular formula is C18H26BrNO4. The van der Waals surface area contributed by atoms with Crippen LogP contribution < -0.4 is 5.32 Å². The Morgan fingerprint density at radius 1 is 1.50 bits per heavy atom. The molecule has 0 aromatic heterocycles. The molecule has 1 fully saturated rings. The SMILES string of the molecule is Cc1ccc(Br)cc1[C@@]1(NC(=O)OC(C)(C)C)CO[C@@H](C)[C@@H]1CO. The summed E-state index contributed by atoms with van der Waals surface area (Å²) in [6.07, 6.45) is -0.693. The number of aliphatic hydroxyl groups excluding tert-OH is 1. The van der Waals surface area contributed by atoms with Crippen LogP contribution in [-0.4, -0.2) is 36.1 Å². The molecule has 6 heteroatoms. The molecule has 0 radical (unpaired) electrons. The number of alkyl carbamates (subject to hydrolysis) is 1. The highest BCUT2D eigenvalue weighted by molar-refractivity contribution is 9.10. The van der Waals surface area contributed by atoms with E-state index >= 15 is 0 Å². The van der Waals surface area contributed by atoms with E-state index in [0.717, 1.165) is 15.6 Å². The van der Waals surface area contributed by atoms with Crippen molar-refractivity contribution in [2.24, 2.45) is 5.92 Å². The molecule has 1 aliphatic rings. The van der Waals surface area contributed by atoms with Crippen LogP contribution in [0.4, 0.5) is 4.79 Å². The Hall–Kier alpha value is -1.11. The molecule has 1 aromatic carbocycles. The predicted molar refractivity (Wildman–Crippen MR) is 95.9 cm³/mol. The topological polar surface area (TPSA) is 67.8 Å². The number of halogens is 1. The smallest absolute Gasteiger partial charge is 0.408 e. The Kier molecular flexibility index (Phi) is 5.62. The van der Waals surface area contributed by atoms with Crippen molar-refractivity contribution >= 4 is 22.0 Å². The van der Waals surface area contributed by atoms with Gasteiger partial charge in [0.05, 0.1) is 24.9 Å². The maximum atomic E-state index is 12.5. The van der Waals surface area contributed by atoms with Crippen molar-refractivity contribution in [2.45, 2.75) is 51.9 Å². The summed E-state index contributed by atoms with van der Waals surface area (Å²) >= 11 is 3.49. The summed E-state index contributed by atoms with van der Waals surface area (Å²) in [7, 11) is 0. The van der Waals surface area contributed by atoms with Crippen molar-refractivity contribution in [3.8, 4) is 0 Å². The zero-order valence-electron chi connectivity index (χ0n) is 14.9. The fourth-order valence-electron chi connectivity index (χ4n) is 3.23. The maximum absolute atomic E-state index is 12.5. The fourth-order valence-corrected chi connectivity index (χ4v) is 3.59. The summed E-state index contributed by atoms with van der Waals surface area (Å²) in [5.74, 6) is -0.266. The highest BCUT2D eigenvalue weighted by Crippen LogP contribution is 2.41. The van der Waals surface area contributed by atoms with E-state index in [9.17, 15) is 9.90 Å². The first kappa shape index (κ1) is 19.2. The summed E-state index contributed by atoms with van der Waals surface area (Å²) in [6.45, 7) is 9.55. The van der Waals surface area contributed by atoms with Gasteiger partial charge in [-0.2, -0.15) is 0 Å². The van der Waals surface area contributed by atoms with Gasteiger partial charge in [0.25, 0.3) is 0 Å². The molecule has 1 aromatic rings. The third kappa shape index (κ3) is 3.92. The molecule has 5 nitrogen and oxygen atoms in total. The quantitative estimate of drug-likeness (QED) is 0.815. The minimum atomic E-state index is -0.829. The number of rotatable bonds is 3. The summed E-state index contributed by atoms with van der Waals surface area (Å²) < 4.78 is 12.2. The number of amides is 1. The van der Waals surface area contributed by atoms with Gasteiger partial charge in [0.15, 0.2) is 0 Å². The van der Waals surface area contributed by atoms with Gasteiger partial charge in [-0.25, -0.2) is 4.79 Å². The Morgan fingerprint density at radius 2 is 2.17 bits per heavy atom. The number of benzene rings is 1. The number of hydrogen-bond donors (Lipinski definition) is 2. The van der Waals surface area contributed by atoms with Gasteiger partial charge < -0.3 is 19.9 Å². The lowest BCUT2D eigenvalue weighted by molar-refractivity contribution is 0.0393. The molecule has 2 rings (SSSR count). The van der Waals surface area contributed by atoms with Crippen LogP contribution in [0.3, 0.4) is 0 Å². The molecule has 0 saturated carbocycles. The van der Waals surface area contributed by atoms with Crippen molar-refractivity contribution < 1.29 is 19.4 Å². The minimum absolute atomic E-state index is 0.0943. The molecule has 2 N–H and O–H groups in total. The standard InChI is InChI=1S/C18H26BrNO4/c1-11-6-7-13(19)8-14(11)18(10-23-12(2)15(18)9-21)20-16(22)24-17(3,4)5/h6-8,12,15,21H,9-10H2,1-5H3,(H,20,22)/t12-,15-,18-/m0/s1. The van der Waals surface area contributed by atoms with Crippen LogP contribution in [0.2, 0.25) is 0 Å². The van der Waals surface area contributed by atoms with Crippen molar-refractivity contribution in [3.63, 3.8) is 0 Å². The van der Waals surface area contributed by atoms with Gasteiger partial charge >= 0.3 is 6.09 Å². The Labute approximate surface area is 151 Å². The summed E-state index contributed by atoms with van der Waals surface area (Å²) in [4.78, 5) is 12.5. The lowest BCUT2D eigenvalue weighted by Crippen LogP contribution is -2.54. The largest absolute Gasteiger partial charge is 0.444 e. The molecular weight excluding hydrogens is 374 g/mol. The maximum Gasteiger partial charge on any atom is 0.408 e. The van der Waals surface area contributed by atoms with E-state index in [2.05, 4.69) is 21.2 Å². The number of nitrogens with one attached hydrogen (secondary N) is 1. The van der Waals surface area contributed by atoms with E-state index in [-0.39, 0.29) is 25.2 Å². The lowest BCUT2D eigenvalue weighted by Gasteiger charge is -2.37. The average Bonchev–Trinajstić information content (AvgIpc) is 2.76. The van der Waals surface area contributed by atoms with Gasteiger partial charge in [0.1, 0.15) is 5.60 Å². The molecule has 1 amide bonds. The van der Waals surface area contributed by atoms with Crippen molar-refractivity contribution in [1.82, 2.24) is 5.32 Å². The van der Waals surface area contributed by atoms with E-state index in [1.807, 2.05) is 52.8 Å². The first-order valence-electron chi connectivity index (χ1n) is 8.09. The molecule has 1 heterocycles. The fraction of sp³-hybridized carbons (Fsp3) is 0.611. The normalized spacial score (nSPS) is 27.1. The van der Waals surface area contributed by atoms with E-state index in [0.29, 0.717) is 0 Å². The zero-order chi connectivity index (χ0) is 18.1. The molecule has 24 heavy (non-hydrogen) atoms. The first-order valence-corrected chi connectivity index (χ1v) is 8.88. The van der Waals surface area contributed by atoms with E-state index < -0.39 is 17.2 Å². The molecule has 1 aliphatic heterocycles. The van der Waals surface area contributed by atoms with Gasteiger partial charge in [-0.05, 0) is 57.9 Å². The molecule has 0 aliphatic carbocycles. The lowest BCUT2D eigenvalue weighted by atomic mass is 9.77. The predicted octanol–water partition coefficient (Wildman–Crippen LogP) is 3.50. The van der Waals surface area contributed by atoms with Crippen LogP contribution in [0.25, 0.3) is 0 Å². The Bertz CT molecular complexity index is 614. The molecule has 134 valence electrons. The van der Waals surface area contributed by atoms with Gasteiger partial charge in [-0.3, -0.25) is 0 Å². The Morgan fingerprint density at radius 3 is 2.75 bits per heavy atom. The number of hydrogen-bond acceptors (Lipinski definition) is 4. The molecule has 3 atom stereocenters. The first-order chi connectivity index (χ1) is 11.1. The van der Waals surface area contributed by atoms with Crippen LogP contribution in [0.1, 0.15) is 38.8 Å². The Balaban J connectivity index is 2.47. The number of ether oxygens (including phenoxy) is 2. The number of aliphatic hydroxyl groups is 1. The van der Waals surface area contributed by atoms with Gasteiger partial charge in [-0.15, -0.1) is 0 Å². The summed E-state index contributed by atoms with van der Waals surface area (Å²) in [5.41, 5.74) is 0.512. The molecule has 0 spiro atoms. The minimum Gasteiger partial charge on any atom is -0.444 e. The van der Waals surface area contributed by atoms with Gasteiger partial charge in [0.2, 0.25) is 0 Å². The van der Waals surface area contributed by atoms with Crippen LogP contribution in [0, 0.1) is 12.8 Å². The average molecular weight is 400 g/mol. The zero-order valence-corrected chi connectivity index (χ0v) is 16.4. The molecule has 0 bridgehead atoms. The van der Waals surface area contributed by atoms with Crippen LogP contribution in [0.5, 0.6) is 0 Å². The number of carbonyl (C=O) groups is 1. The highest BCUT2D eigenvalue weighted by atomic mass is 79.9. The van der Waals surface area contributed by atoms with Crippen molar-refractivity contribution in [3.05, 3.63) is 33.8 Å². The molecule has 0 unspecified atom stereocenters. The molecule has 1 saturated heterocycles. The number of carbonyl (C=O) groups excluding carboxylic acids is 1. The third-order valence-electron chi connectivity index (χ3n) is 4.37. The van der Waals surface area contributed by atoms with Crippen molar-refractivity contribution in [2.75, 3.05) is 13.2 Å². The van der Waals surface area contributed by atoms with Gasteiger partial charge in [-0.1, -0.05) is 22.0 Å². The second-order valence-electron chi connectivity index (χ2n) is 7.36. The van der Waals surface area contributed by atoms with Crippen LogP contribution in [0.15, 0.2) is 22.7 Å². The van der Waals surface area contributed by atoms with E-state index in [1.165, 1.54) is 0 Å². The monoisotopic (exact) mass is 399 g/mol. The third-order valence-corrected chi connectivity index (χ3v) is 4.87. The van der Waals surface area contributed by atoms with E-state index in [1.54, 1.807) is 0 Å². The summed E-state index contributed by atoms with van der Waals surface area (Å²) in [6, 6.07) is 5.90. The van der Waals surface area contributed by atoms with Crippen LogP contribution in [-0.2, 0) is 15.0 Å². The van der Waals surface area contributed by atoms with Crippen molar-refractivity contribution in [1.29, 1.82) is 0 Å². The number of aryl methyl sites for hydroxylation is 1. The second kappa shape index (κ2) is 7.02.